The smallest absolute Gasteiger partial charge is 0.242 e. The first kappa shape index (κ1) is 22.4. The summed E-state index contributed by atoms with van der Waals surface area (Å²) in [6.45, 7) is 6.99. The Morgan fingerprint density at radius 2 is 1.77 bits per heavy atom. The predicted octanol–water partition coefficient (Wildman–Crippen LogP) is 2.92. The second-order valence-corrected chi connectivity index (χ2v) is 10.3. The molecule has 0 amide bonds. The van der Waals surface area contributed by atoms with Gasteiger partial charge in [-0.2, -0.15) is 5.26 Å². The van der Waals surface area contributed by atoms with Gasteiger partial charge in [0.25, 0.3) is 0 Å². The fourth-order valence-electron chi connectivity index (χ4n) is 3.84. The SMILES string of the molecule is Cc1cc(S(=O)(=O)N(C)C)ccc1-c1ccc(CN2CCCN(C)CC2)cc1C#N. The van der Waals surface area contributed by atoms with Crippen molar-refractivity contribution in [3.63, 3.8) is 0 Å². The van der Waals surface area contributed by atoms with Crippen LogP contribution in [0, 0.1) is 18.3 Å². The fourth-order valence-corrected chi connectivity index (χ4v) is 4.83. The molecule has 0 unspecified atom stereocenters. The highest BCUT2D eigenvalue weighted by Crippen LogP contribution is 2.30. The number of benzene rings is 2. The van der Waals surface area contributed by atoms with Gasteiger partial charge in [0.15, 0.2) is 0 Å². The summed E-state index contributed by atoms with van der Waals surface area (Å²) < 4.78 is 26.0. The van der Waals surface area contributed by atoms with Gasteiger partial charge in [0.2, 0.25) is 10.0 Å². The summed E-state index contributed by atoms with van der Waals surface area (Å²) in [7, 11) is 1.71. The van der Waals surface area contributed by atoms with Gasteiger partial charge in [-0.1, -0.05) is 18.2 Å². The van der Waals surface area contributed by atoms with Gasteiger partial charge in [-0.15, -0.1) is 0 Å². The van der Waals surface area contributed by atoms with E-state index in [1.165, 1.54) is 18.4 Å². The molecule has 0 aromatic heterocycles. The summed E-state index contributed by atoms with van der Waals surface area (Å²) in [5.41, 5.74) is 4.29. The van der Waals surface area contributed by atoms with Crippen molar-refractivity contribution < 1.29 is 8.42 Å². The molecule has 0 aliphatic carbocycles. The van der Waals surface area contributed by atoms with Crippen LogP contribution in [0.25, 0.3) is 11.1 Å². The number of hydrogen-bond donors (Lipinski definition) is 0. The molecule has 1 heterocycles. The van der Waals surface area contributed by atoms with Crippen LogP contribution >= 0.6 is 0 Å². The number of likely N-dealkylation sites (N-methyl/N-ethyl adjacent to an activating group) is 1. The van der Waals surface area contributed by atoms with Crippen LogP contribution < -0.4 is 0 Å². The van der Waals surface area contributed by atoms with Crippen LogP contribution in [0.4, 0.5) is 0 Å². The second kappa shape index (κ2) is 9.27. The molecule has 0 atom stereocenters. The molecule has 2 aromatic rings. The molecule has 2 aromatic carbocycles. The lowest BCUT2D eigenvalue weighted by Crippen LogP contribution is -2.28. The lowest BCUT2D eigenvalue weighted by atomic mass is 9.95. The van der Waals surface area contributed by atoms with Crippen LogP contribution in [0.5, 0.6) is 0 Å². The van der Waals surface area contributed by atoms with Gasteiger partial charge in [-0.25, -0.2) is 12.7 Å². The molecular weight excluding hydrogens is 396 g/mol. The van der Waals surface area contributed by atoms with E-state index >= 15 is 0 Å². The number of aryl methyl sites for hydroxylation is 1. The van der Waals surface area contributed by atoms with E-state index in [1.807, 2.05) is 19.1 Å². The Bertz CT molecular complexity index is 1060. The van der Waals surface area contributed by atoms with Crippen LogP contribution in [0.3, 0.4) is 0 Å². The third-order valence-electron chi connectivity index (χ3n) is 5.69. The number of nitriles is 1. The number of sulfonamides is 1. The first-order valence-electron chi connectivity index (χ1n) is 10.2. The Morgan fingerprint density at radius 3 is 2.43 bits per heavy atom. The summed E-state index contributed by atoms with van der Waals surface area (Å²) in [5, 5.41) is 9.76. The van der Waals surface area contributed by atoms with Gasteiger partial charge in [0, 0.05) is 33.7 Å². The van der Waals surface area contributed by atoms with Gasteiger partial charge < -0.3 is 4.90 Å². The van der Waals surface area contributed by atoms with Gasteiger partial charge in [0.1, 0.15) is 0 Å². The minimum atomic E-state index is -3.48. The van der Waals surface area contributed by atoms with E-state index in [2.05, 4.69) is 29.0 Å². The molecule has 3 rings (SSSR count). The largest absolute Gasteiger partial charge is 0.305 e. The van der Waals surface area contributed by atoms with Crippen LogP contribution in [0.15, 0.2) is 41.3 Å². The summed E-state index contributed by atoms with van der Waals surface area (Å²) in [5.74, 6) is 0. The Labute approximate surface area is 180 Å². The van der Waals surface area contributed by atoms with E-state index in [0.29, 0.717) is 5.56 Å². The highest BCUT2D eigenvalue weighted by atomic mass is 32.2. The average Bonchev–Trinajstić information content (AvgIpc) is 2.92. The molecule has 0 bridgehead atoms. The van der Waals surface area contributed by atoms with E-state index in [9.17, 15) is 13.7 Å². The molecule has 160 valence electrons. The molecule has 0 saturated carbocycles. The third kappa shape index (κ3) is 4.90. The summed E-state index contributed by atoms with van der Waals surface area (Å²) >= 11 is 0. The van der Waals surface area contributed by atoms with E-state index in [4.69, 9.17) is 0 Å². The van der Waals surface area contributed by atoms with Crippen molar-refractivity contribution in [3.05, 3.63) is 53.1 Å². The monoisotopic (exact) mass is 426 g/mol. The standard InChI is InChI=1S/C23H30N4O2S/c1-18-14-21(30(28,29)25(2)3)7-9-22(18)23-8-6-19(15-20(23)16-24)17-27-11-5-10-26(4)12-13-27/h6-9,14-15H,5,10-13,17H2,1-4H3. The zero-order chi connectivity index (χ0) is 21.9. The predicted molar refractivity (Wildman–Crippen MR) is 120 cm³/mol. The summed E-state index contributed by atoms with van der Waals surface area (Å²) in [6.07, 6.45) is 1.15. The molecule has 7 heteroatoms. The van der Waals surface area contributed by atoms with Crippen molar-refractivity contribution in [1.82, 2.24) is 14.1 Å². The van der Waals surface area contributed by atoms with Gasteiger partial charge in [-0.3, -0.25) is 4.90 Å². The van der Waals surface area contributed by atoms with Crippen molar-refractivity contribution in [2.24, 2.45) is 0 Å². The van der Waals surface area contributed by atoms with E-state index in [0.717, 1.165) is 61.4 Å². The van der Waals surface area contributed by atoms with E-state index in [1.54, 1.807) is 18.2 Å². The quantitative estimate of drug-likeness (QED) is 0.735. The lowest BCUT2D eigenvalue weighted by Gasteiger charge is -2.20. The average molecular weight is 427 g/mol. The van der Waals surface area contributed by atoms with Crippen molar-refractivity contribution in [2.75, 3.05) is 47.3 Å². The molecule has 1 aliphatic rings. The Kier molecular flexibility index (Phi) is 6.94. The van der Waals surface area contributed by atoms with Crippen molar-refractivity contribution >= 4 is 10.0 Å². The summed E-state index contributed by atoms with van der Waals surface area (Å²) in [4.78, 5) is 5.05. The molecule has 6 nitrogen and oxygen atoms in total. The van der Waals surface area contributed by atoms with Crippen molar-refractivity contribution in [2.45, 2.75) is 24.8 Å². The van der Waals surface area contributed by atoms with E-state index in [-0.39, 0.29) is 4.90 Å². The number of hydrogen-bond acceptors (Lipinski definition) is 5. The van der Waals surface area contributed by atoms with Gasteiger partial charge in [0.05, 0.1) is 16.5 Å². The first-order valence-corrected chi connectivity index (χ1v) is 11.6. The zero-order valence-electron chi connectivity index (χ0n) is 18.2. The Balaban J connectivity index is 1.88. The highest BCUT2D eigenvalue weighted by molar-refractivity contribution is 7.89. The van der Waals surface area contributed by atoms with Crippen LogP contribution in [0.2, 0.25) is 0 Å². The number of rotatable bonds is 5. The number of nitrogens with zero attached hydrogens (tertiary/aromatic N) is 4. The van der Waals surface area contributed by atoms with Crippen molar-refractivity contribution in [1.29, 1.82) is 5.26 Å². The van der Waals surface area contributed by atoms with Crippen molar-refractivity contribution in [3.8, 4) is 17.2 Å². The zero-order valence-corrected chi connectivity index (χ0v) is 19.0. The molecule has 30 heavy (non-hydrogen) atoms. The molecule has 1 aliphatic heterocycles. The van der Waals surface area contributed by atoms with Crippen LogP contribution in [-0.4, -0.2) is 69.8 Å². The Morgan fingerprint density at radius 1 is 1.03 bits per heavy atom. The first-order chi connectivity index (χ1) is 14.2. The minimum Gasteiger partial charge on any atom is -0.305 e. The minimum absolute atomic E-state index is 0.259. The topological polar surface area (TPSA) is 67.7 Å². The van der Waals surface area contributed by atoms with Crippen LogP contribution in [-0.2, 0) is 16.6 Å². The van der Waals surface area contributed by atoms with E-state index < -0.39 is 10.0 Å². The molecule has 0 spiro atoms. The maximum atomic E-state index is 12.4. The molecule has 0 N–H and O–H groups in total. The van der Waals surface area contributed by atoms with Crippen LogP contribution in [0.1, 0.15) is 23.1 Å². The normalized spacial score (nSPS) is 16.4. The maximum absolute atomic E-state index is 12.4. The molecule has 1 saturated heterocycles. The molecular formula is C23H30N4O2S. The Hall–Kier alpha value is -2.24. The maximum Gasteiger partial charge on any atom is 0.242 e. The second-order valence-electron chi connectivity index (χ2n) is 8.19. The lowest BCUT2D eigenvalue weighted by molar-refractivity contribution is 0.269. The summed E-state index contributed by atoms with van der Waals surface area (Å²) in [6, 6.07) is 13.4. The molecule has 0 radical (unpaired) electrons. The highest BCUT2D eigenvalue weighted by Gasteiger charge is 2.19. The molecule has 1 fully saturated rings. The fraction of sp³-hybridized carbons (Fsp3) is 0.435. The van der Waals surface area contributed by atoms with Gasteiger partial charge in [-0.05, 0) is 73.9 Å². The third-order valence-corrected chi connectivity index (χ3v) is 7.50. The van der Waals surface area contributed by atoms with Gasteiger partial charge >= 0.3 is 0 Å².